The summed E-state index contributed by atoms with van der Waals surface area (Å²) >= 11 is 0. The van der Waals surface area contributed by atoms with Gasteiger partial charge < -0.3 is 10.0 Å². The summed E-state index contributed by atoms with van der Waals surface area (Å²) in [6.07, 6.45) is 0.289. The molecule has 0 radical (unpaired) electrons. The van der Waals surface area contributed by atoms with Gasteiger partial charge in [-0.15, -0.1) is 0 Å². The molecule has 0 aliphatic rings. The van der Waals surface area contributed by atoms with Gasteiger partial charge in [-0.1, -0.05) is 17.7 Å². The zero-order valence-corrected chi connectivity index (χ0v) is 11.9. The number of hydrogen-bond donors (Lipinski definition) is 1. The maximum atomic E-state index is 11.5. The van der Waals surface area contributed by atoms with Crippen molar-refractivity contribution in [2.75, 3.05) is 14.1 Å². The molecule has 3 nitrogen and oxygen atoms in total. The van der Waals surface area contributed by atoms with E-state index < -0.39 is 6.10 Å². The summed E-state index contributed by atoms with van der Waals surface area (Å²) in [5.41, 5.74) is 4.35. The van der Waals surface area contributed by atoms with Crippen LogP contribution in [0.15, 0.2) is 12.1 Å². The molecule has 0 spiro atoms. The summed E-state index contributed by atoms with van der Waals surface area (Å²) in [5, 5.41) is 10.2. The molecule has 1 N–H and O–H groups in total. The number of nitrogens with zero attached hydrogens (tertiary/aromatic N) is 1. The monoisotopic (exact) mass is 249 g/mol. The summed E-state index contributed by atoms with van der Waals surface area (Å²) in [7, 11) is 3.47. The van der Waals surface area contributed by atoms with E-state index in [2.05, 4.69) is 12.1 Å². The lowest BCUT2D eigenvalue weighted by Gasteiger charge is -2.18. The molecular weight excluding hydrogens is 226 g/mol. The Hall–Kier alpha value is -1.35. The van der Waals surface area contributed by atoms with Crippen molar-refractivity contribution in [3.05, 3.63) is 34.4 Å². The molecule has 0 saturated carbocycles. The van der Waals surface area contributed by atoms with Gasteiger partial charge >= 0.3 is 0 Å². The standard InChI is InChI=1S/C15H23NO2/c1-10-8-11(2)15(12(3)9-10)13(17)6-7-14(18)16(4)5/h8-9,13,17H,6-7H2,1-5H3. The molecule has 100 valence electrons. The van der Waals surface area contributed by atoms with Crippen LogP contribution in [0.3, 0.4) is 0 Å². The average Bonchev–Trinajstić information content (AvgIpc) is 2.24. The third-order valence-electron chi connectivity index (χ3n) is 3.20. The number of amides is 1. The predicted octanol–water partition coefficient (Wildman–Crippen LogP) is 2.51. The van der Waals surface area contributed by atoms with E-state index in [-0.39, 0.29) is 5.91 Å². The largest absolute Gasteiger partial charge is 0.388 e. The summed E-state index contributed by atoms with van der Waals surface area (Å²) < 4.78 is 0. The van der Waals surface area contributed by atoms with Crippen LogP contribution in [-0.2, 0) is 4.79 Å². The number of aliphatic hydroxyl groups excluding tert-OH is 1. The number of hydrogen-bond acceptors (Lipinski definition) is 2. The number of carbonyl (C=O) groups excluding carboxylic acids is 1. The fourth-order valence-electron chi connectivity index (χ4n) is 2.34. The molecule has 1 rings (SSSR count). The first-order valence-corrected chi connectivity index (χ1v) is 6.29. The molecule has 1 amide bonds. The van der Waals surface area contributed by atoms with Gasteiger partial charge in [0.05, 0.1) is 6.10 Å². The Morgan fingerprint density at radius 1 is 1.22 bits per heavy atom. The summed E-state index contributed by atoms with van der Waals surface area (Å²) in [6.45, 7) is 6.06. The van der Waals surface area contributed by atoms with Crippen molar-refractivity contribution in [3.63, 3.8) is 0 Å². The molecule has 0 bridgehead atoms. The maximum absolute atomic E-state index is 11.5. The van der Waals surface area contributed by atoms with Crippen LogP contribution in [0.1, 0.15) is 41.2 Å². The minimum absolute atomic E-state index is 0.0523. The zero-order valence-electron chi connectivity index (χ0n) is 11.9. The first-order valence-electron chi connectivity index (χ1n) is 6.29. The van der Waals surface area contributed by atoms with E-state index in [1.165, 1.54) is 5.56 Å². The Kier molecular flexibility index (Phi) is 4.91. The normalized spacial score (nSPS) is 12.3. The van der Waals surface area contributed by atoms with Gasteiger partial charge in [-0.3, -0.25) is 4.79 Å². The van der Waals surface area contributed by atoms with Crippen molar-refractivity contribution < 1.29 is 9.90 Å². The number of rotatable bonds is 4. The van der Waals surface area contributed by atoms with E-state index in [0.29, 0.717) is 12.8 Å². The molecule has 1 unspecified atom stereocenters. The maximum Gasteiger partial charge on any atom is 0.222 e. The number of benzene rings is 1. The second-order valence-electron chi connectivity index (χ2n) is 5.16. The molecule has 1 aromatic carbocycles. The van der Waals surface area contributed by atoms with Gasteiger partial charge in [0, 0.05) is 20.5 Å². The highest BCUT2D eigenvalue weighted by Crippen LogP contribution is 2.26. The quantitative estimate of drug-likeness (QED) is 0.890. The molecule has 1 atom stereocenters. The Morgan fingerprint density at radius 3 is 2.17 bits per heavy atom. The summed E-state index contributed by atoms with van der Waals surface area (Å²) in [6, 6.07) is 4.14. The Morgan fingerprint density at radius 2 is 1.72 bits per heavy atom. The lowest BCUT2D eigenvalue weighted by molar-refractivity contribution is -0.129. The second-order valence-corrected chi connectivity index (χ2v) is 5.16. The molecular formula is C15H23NO2. The smallest absolute Gasteiger partial charge is 0.222 e. The van der Waals surface area contributed by atoms with Crippen LogP contribution in [0.4, 0.5) is 0 Å². The van der Waals surface area contributed by atoms with Crippen molar-refractivity contribution in [2.24, 2.45) is 0 Å². The first kappa shape index (κ1) is 14.7. The molecule has 1 aromatic rings. The van der Waals surface area contributed by atoms with Crippen LogP contribution in [0, 0.1) is 20.8 Å². The molecule has 18 heavy (non-hydrogen) atoms. The highest BCUT2D eigenvalue weighted by molar-refractivity contribution is 5.75. The van der Waals surface area contributed by atoms with Crippen molar-refractivity contribution in [1.29, 1.82) is 0 Å². The van der Waals surface area contributed by atoms with Crippen molar-refractivity contribution >= 4 is 5.91 Å². The van der Waals surface area contributed by atoms with Gasteiger partial charge in [0.25, 0.3) is 0 Å². The molecule has 0 saturated heterocycles. The SMILES string of the molecule is Cc1cc(C)c(C(O)CCC(=O)N(C)C)c(C)c1. The number of aryl methyl sites for hydroxylation is 3. The van der Waals surface area contributed by atoms with Crippen LogP contribution in [0.25, 0.3) is 0 Å². The Bertz CT molecular complexity index is 415. The third-order valence-corrected chi connectivity index (χ3v) is 3.20. The van der Waals surface area contributed by atoms with Gasteiger partial charge in [-0.05, 0) is 43.9 Å². The van der Waals surface area contributed by atoms with E-state index in [1.807, 2.05) is 20.8 Å². The molecule has 0 fully saturated rings. The Labute approximate surface area is 109 Å². The van der Waals surface area contributed by atoms with E-state index in [4.69, 9.17) is 0 Å². The average molecular weight is 249 g/mol. The van der Waals surface area contributed by atoms with Crippen molar-refractivity contribution in [2.45, 2.75) is 39.7 Å². The number of carbonyl (C=O) groups is 1. The topological polar surface area (TPSA) is 40.5 Å². The van der Waals surface area contributed by atoms with Crippen LogP contribution in [0.5, 0.6) is 0 Å². The molecule has 0 aliphatic carbocycles. The fraction of sp³-hybridized carbons (Fsp3) is 0.533. The van der Waals surface area contributed by atoms with Gasteiger partial charge in [0.15, 0.2) is 0 Å². The predicted molar refractivity (Wildman–Crippen MR) is 73.5 cm³/mol. The second kappa shape index (κ2) is 6.01. The molecule has 0 aromatic heterocycles. The van der Waals surface area contributed by atoms with Crippen LogP contribution >= 0.6 is 0 Å². The molecule has 3 heteroatoms. The highest BCUT2D eigenvalue weighted by Gasteiger charge is 2.15. The summed E-state index contributed by atoms with van der Waals surface area (Å²) in [5.74, 6) is 0.0523. The molecule has 0 aliphatic heterocycles. The van der Waals surface area contributed by atoms with Crippen LogP contribution in [-0.4, -0.2) is 30.0 Å². The third kappa shape index (κ3) is 3.57. The lowest BCUT2D eigenvalue weighted by Crippen LogP contribution is -2.22. The van der Waals surface area contributed by atoms with Crippen LogP contribution < -0.4 is 0 Å². The van der Waals surface area contributed by atoms with Gasteiger partial charge in [-0.2, -0.15) is 0 Å². The van der Waals surface area contributed by atoms with Crippen molar-refractivity contribution in [1.82, 2.24) is 4.90 Å². The van der Waals surface area contributed by atoms with Crippen molar-refractivity contribution in [3.8, 4) is 0 Å². The Balaban J connectivity index is 2.79. The van der Waals surface area contributed by atoms with Crippen LogP contribution in [0.2, 0.25) is 0 Å². The van der Waals surface area contributed by atoms with E-state index in [9.17, 15) is 9.90 Å². The fourth-order valence-corrected chi connectivity index (χ4v) is 2.34. The van der Waals surface area contributed by atoms with Gasteiger partial charge in [0.1, 0.15) is 0 Å². The summed E-state index contributed by atoms with van der Waals surface area (Å²) in [4.78, 5) is 13.1. The van der Waals surface area contributed by atoms with E-state index in [0.717, 1.165) is 16.7 Å². The minimum Gasteiger partial charge on any atom is -0.388 e. The lowest BCUT2D eigenvalue weighted by atomic mass is 9.93. The number of aliphatic hydroxyl groups is 1. The van der Waals surface area contributed by atoms with E-state index >= 15 is 0 Å². The van der Waals surface area contributed by atoms with Gasteiger partial charge in [-0.25, -0.2) is 0 Å². The molecule has 0 heterocycles. The minimum atomic E-state index is -0.561. The first-order chi connectivity index (χ1) is 8.32. The highest BCUT2D eigenvalue weighted by atomic mass is 16.3. The van der Waals surface area contributed by atoms with Gasteiger partial charge in [0.2, 0.25) is 5.91 Å². The zero-order chi connectivity index (χ0) is 13.9. The van der Waals surface area contributed by atoms with E-state index in [1.54, 1.807) is 19.0 Å².